The van der Waals surface area contributed by atoms with Crippen LogP contribution in [-0.2, 0) is 4.79 Å². The Morgan fingerprint density at radius 1 is 1.38 bits per heavy atom. The Morgan fingerprint density at radius 2 is 2.08 bits per heavy atom. The zero-order valence-corrected chi connectivity index (χ0v) is 14.5. The van der Waals surface area contributed by atoms with Gasteiger partial charge in [0.15, 0.2) is 0 Å². The number of aliphatic hydroxyl groups excluding tert-OH is 1. The first-order valence-corrected chi connectivity index (χ1v) is 8.67. The first kappa shape index (κ1) is 18.7. The highest BCUT2D eigenvalue weighted by Gasteiger charge is 2.21. The molecular weight excluding hydrogens is 309 g/mol. The average Bonchev–Trinajstić information content (AvgIpc) is 2.55. The van der Waals surface area contributed by atoms with Gasteiger partial charge in [0.2, 0.25) is 5.91 Å². The molecular formula is C18H28FN3O2. The predicted octanol–water partition coefficient (Wildman–Crippen LogP) is 1.96. The lowest BCUT2D eigenvalue weighted by molar-refractivity contribution is -0.118. The molecule has 3 N–H and O–H groups in total. The number of amides is 1. The molecule has 1 fully saturated rings. The molecule has 0 spiro atoms. The van der Waals surface area contributed by atoms with Crippen LogP contribution in [0, 0.1) is 5.82 Å². The Bertz CT molecular complexity index is 545. The van der Waals surface area contributed by atoms with Crippen molar-refractivity contribution in [2.45, 2.75) is 45.3 Å². The molecule has 0 saturated carbocycles. The van der Waals surface area contributed by atoms with Gasteiger partial charge >= 0.3 is 0 Å². The first-order valence-electron chi connectivity index (χ1n) is 8.67. The van der Waals surface area contributed by atoms with Crippen LogP contribution >= 0.6 is 0 Å². The lowest BCUT2D eigenvalue weighted by Crippen LogP contribution is -2.37. The Morgan fingerprint density at radius 3 is 2.75 bits per heavy atom. The van der Waals surface area contributed by atoms with E-state index in [4.69, 9.17) is 0 Å². The Kier molecular flexibility index (Phi) is 6.99. The number of hydrogen-bond donors (Lipinski definition) is 3. The van der Waals surface area contributed by atoms with Gasteiger partial charge in [0.1, 0.15) is 5.82 Å². The number of carbonyl (C=O) groups excluding carboxylic acids is 1. The Hall–Kier alpha value is -1.66. The van der Waals surface area contributed by atoms with Gasteiger partial charge in [0, 0.05) is 38.3 Å². The first-order chi connectivity index (χ1) is 11.5. The highest BCUT2D eigenvalue weighted by atomic mass is 19.1. The highest BCUT2D eigenvalue weighted by Crippen LogP contribution is 2.29. The van der Waals surface area contributed by atoms with Gasteiger partial charge in [0.05, 0.1) is 6.10 Å². The lowest BCUT2D eigenvalue weighted by atomic mass is 10.0. The summed E-state index contributed by atoms with van der Waals surface area (Å²) >= 11 is 0. The molecule has 0 radical (unpaired) electrons. The molecule has 1 aromatic carbocycles. The number of piperidine rings is 1. The summed E-state index contributed by atoms with van der Waals surface area (Å²) in [5.41, 5.74) is 1.97. The lowest BCUT2D eigenvalue weighted by Gasteiger charge is -2.34. The fraction of sp³-hybridized carbons (Fsp3) is 0.611. The highest BCUT2D eigenvalue weighted by molar-refractivity contribution is 5.72. The molecule has 0 bridgehead atoms. The van der Waals surface area contributed by atoms with E-state index in [0.717, 1.165) is 50.1 Å². The standard InChI is InChI=1S/C18H28FN3O2/c1-13(20-8-3-9-21-14(2)23)17-12-15(19)4-5-18(17)22-10-6-16(24)7-11-22/h4-5,12-13,16,20,24H,3,6-11H2,1-2H3,(H,21,23). The second-order valence-corrected chi connectivity index (χ2v) is 6.43. The van der Waals surface area contributed by atoms with Gasteiger partial charge in [-0.3, -0.25) is 4.79 Å². The molecule has 0 aromatic heterocycles. The number of halogens is 1. The number of hydrogen-bond acceptors (Lipinski definition) is 4. The van der Waals surface area contributed by atoms with Gasteiger partial charge < -0.3 is 20.6 Å². The second kappa shape index (κ2) is 8.99. The topological polar surface area (TPSA) is 64.6 Å². The van der Waals surface area contributed by atoms with E-state index >= 15 is 0 Å². The summed E-state index contributed by atoms with van der Waals surface area (Å²) in [6.45, 7) is 6.48. The maximum atomic E-state index is 13.7. The average molecular weight is 337 g/mol. The van der Waals surface area contributed by atoms with Crippen LogP contribution in [0.5, 0.6) is 0 Å². The third kappa shape index (κ3) is 5.46. The third-order valence-electron chi connectivity index (χ3n) is 4.44. The van der Waals surface area contributed by atoms with E-state index in [1.807, 2.05) is 13.0 Å². The van der Waals surface area contributed by atoms with E-state index in [-0.39, 0.29) is 23.9 Å². The minimum absolute atomic E-state index is 0.0138. The van der Waals surface area contributed by atoms with Gasteiger partial charge in [-0.25, -0.2) is 4.39 Å². The van der Waals surface area contributed by atoms with Crippen LogP contribution < -0.4 is 15.5 Å². The van der Waals surface area contributed by atoms with Crippen LogP contribution in [0.1, 0.15) is 44.7 Å². The summed E-state index contributed by atoms with van der Waals surface area (Å²) in [7, 11) is 0. The molecule has 1 saturated heterocycles. The van der Waals surface area contributed by atoms with Gasteiger partial charge in [-0.05, 0) is 56.5 Å². The number of benzene rings is 1. The molecule has 1 aromatic rings. The molecule has 0 aliphatic carbocycles. The van der Waals surface area contributed by atoms with Gasteiger partial charge in [0.25, 0.3) is 0 Å². The number of anilines is 1. The summed E-state index contributed by atoms with van der Waals surface area (Å²) in [5, 5.41) is 15.8. The van der Waals surface area contributed by atoms with Crippen molar-refractivity contribution in [3.63, 3.8) is 0 Å². The molecule has 1 aliphatic rings. The summed E-state index contributed by atoms with van der Waals surface area (Å²) in [6.07, 6.45) is 2.09. The normalized spacial score (nSPS) is 16.9. The van der Waals surface area contributed by atoms with Gasteiger partial charge in [-0.1, -0.05) is 0 Å². The van der Waals surface area contributed by atoms with Crippen molar-refractivity contribution in [2.24, 2.45) is 0 Å². The third-order valence-corrected chi connectivity index (χ3v) is 4.44. The number of nitrogens with zero attached hydrogens (tertiary/aromatic N) is 1. The molecule has 2 rings (SSSR count). The van der Waals surface area contributed by atoms with Crippen molar-refractivity contribution in [1.82, 2.24) is 10.6 Å². The summed E-state index contributed by atoms with van der Waals surface area (Å²) < 4.78 is 13.7. The summed E-state index contributed by atoms with van der Waals surface area (Å²) in [4.78, 5) is 13.1. The number of rotatable bonds is 7. The van der Waals surface area contributed by atoms with Crippen molar-refractivity contribution >= 4 is 11.6 Å². The van der Waals surface area contributed by atoms with Gasteiger partial charge in [-0.15, -0.1) is 0 Å². The van der Waals surface area contributed by atoms with Crippen LogP contribution in [0.3, 0.4) is 0 Å². The molecule has 1 atom stereocenters. The minimum atomic E-state index is -0.238. The van der Waals surface area contributed by atoms with E-state index in [1.54, 1.807) is 6.07 Å². The van der Waals surface area contributed by atoms with Crippen LogP contribution in [0.4, 0.5) is 10.1 Å². The number of nitrogens with one attached hydrogen (secondary N) is 2. The predicted molar refractivity (Wildman–Crippen MR) is 93.6 cm³/mol. The zero-order valence-electron chi connectivity index (χ0n) is 14.5. The molecule has 1 aliphatic heterocycles. The zero-order chi connectivity index (χ0) is 17.5. The SMILES string of the molecule is CC(=O)NCCCNC(C)c1cc(F)ccc1N1CCC(O)CC1. The molecule has 6 heteroatoms. The molecule has 1 unspecified atom stereocenters. The van der Waals surface area contributed by atoms with E-state index < -0.39 is 0 Å². The number of aliphatic hydroxyl groups is 1. The summed E-state index contributed by atoms with van der Waals surface area (Å²) in [6, 6.07) is 4.93. The molecule has 5 nitrogen and oxygen atoms in total. The smallest absolute Gasteiger partial charge is 0.216 e. The quantitative estimate of drug-likeness (QED) is 0.666. The Balaban J connectivity index is 1.97. The number of carbonyl (C=O) groups is 1. The van der Waals surface area contributed by atoms with Crippen LogP contribution in [0.2, 0.25) is 0 Å². The molecule has 134 valence electrons. The van der Waals surface area contributed by atoms with Crippen molar-refractivity contribution in [2.75, 3.05) is 31.1 Å². The molecule has 1 amide bonds. The minimum Gasteiger partial charge on any atom is -0.393 e. The van der Waals surface area contributed by atoms with Crippen LogP contribution in [0.25, 0.3) is 0 Å². The molecule has 1 heterocycles. The van der Waals surface area contributed by atoms with Crippen molar-refractivity contribution in [3.05, 3.63) is 29.6 Å². The Labute approximate surface area is 143 Å². The van der Waals surface area contributed by atoms with Crippen molar-refractivity contribution < 1.29 is 14.3 Å². The van der Waals surface area contributed by atoms with E-state index in [0.29, 0.717) is 6.54 Å². The van der Waals surface area contributed by atoms with E-state index in [9.17, 15) is 14.3 Å². The maximum Gasteiger partial charge on any atom is 0.216 e. The van der Waals surface area contributed by atoms with Crippen molar-refractivity contribution in [1.29, 1.82) is 0 Å². The fourth-order valence-electron chi connectivity index (χ4n) is 3.05. The van der Waals surface area contributed by atoms with E-state index in [2.05, 4.69) is 15.5 Å². The summed E-state index contributed by atoms with van der Waals surface area (Å²) in [5.74, 6) is -0.263. The second-order valence-electron chi connectivity index (χ2n) is 6.43. The van der Waals surface area contributed by atoms with Gasteiger partial charge in [-0.2, -0.15) is 0 Å². The van der Waals surface area contributed by atoms with Crippen LogP contribution in [0.15, 0.2) is 18.2 Å². The van der Waals surface area contributed by atoms with E-state index in [1.165, 1.54) is 13.0 Å². The maximum absolute atomic E-state index is 13.7. The largest absolute Gasteiger partial charge is 0.393 e. The van der Waals surface area contributed by atoms with Crippen LogP contribution in [-0.4, -0.2) is 43.3 Å². The molecule has 24 heavy (non-hydrogen) atoms. The monoisotopic (exact) mass is 337 g/mol. The fourth-order valence-corrected chi connectivity index (χ4v) is 3.05. The van der Waals surface area contributed by atoms with Crippen molar-refractivity contribution in [3.8, 4) is 0 Å².